The first-order valence-corrected chi connectivity index (χ1v) is 6.71. The molecule has 0 saturated heterocycles. The molecule has 0 aliphatic carbocycles. The van der Waals surface area contributed by atoms with E-state index in [0.717, 1.165) is 11.3 Å². The fourth-order valence-electron chi connectivity index (χ4n) is 2.30. The number of hydrogen-bond acceptors (Lipinski definition) is 2. The summed E-state index contributed by atoms with van der Waals surface area (Å²) < 4.78 is 24.4. The highest BCUT2D eigenvalue weighted by Gasteiger charge is 2.24. The molecule has 0 fully saturated rings. The quantitative estimate of drug-likeness (QED) is 0.583. The first-order valence-electron chi connectivity index (χ1n) is 6.71. The van der Waals surface area contributed by atoms with Crippen molar-refractivity contribution < 1.29 is 13.6 Å². The lowest BCUT2D eigenvalue weighted by molar-refractivity contribution is -0.116. The molecule has 1 aliphatic heterocycles. The maximum absolute atomic E-state index is 12.2. The molecule has 1 unspecified atom stereocenters. The number of para-hydroxylation sites is 1. The van der Waals surface area contributed by atoms with Gasteiger partial charge < -0.3 is 16.0 Å². The zero-order chi connectivity index (χ0) is 15.2. The molecule has 0 saturated carbocycles. The summed E-state index contributed by atoms with van der Waals surface area (Å²) in [5.41, 5.74) is 1.84. The van der Waals surface area contributed by atoms with Crippen molar-refractivity contribution in [2.24, 2.45) is 4.99 Å². The fraction of sp³-hybridized carbons (Fsp3) is 0.429. The molecule has 2 rings (SSSR count). The van der Waals surface area contributed by atoms with E-state index < -0.39 is 13.0 Å². The van der Waals surface area contributed by atoms with Crippen LogP contribution in [0.3, 0.4) is 0 Å². The van der Waals surface area contributed by atoms with Crippen molar-refractivity contribution in [3.05, 3.63) is 29.8 Å². The van der Waals surface area contributed by atoms with Crippen molar-refractivity contribution >= 4 is 17.6 Å². The summed E-state index contributed by atoms with van der Waals surface area (Å²) in [7, 11) is 1.52. The Hall–Kier alpha value is -2.18. The summed E-state index contributed by atoms with van der Waals surface area (Å²) in [6.07, 6.45) is -2.08. The van der Waals surface area contributed by atoms with Crippen LogP contribution in [0.1, 0.15) is 17.9 Å². The standard InChI is InChI=1S/C14H18F2N4O/c1-17-14(19-8-12(15)16)18-7-9-6-13(21)20-11-5-3-2-4-10(9)11/h2-5,9,12H,6-8H2,1H3,(H,20,21)(H2,17,18,19). The van der Waals surface area contributed by atoms with Crippen molar-refractivity contribution in [1.29, 1.82) is 0 Å². The molecule has 0 aromatic heterocycles. The van der Waals surface area contributed by atoms with E-state index in [2.05, 4.69) is 20.9 Å². The van der Waals surface area contributed by atoms with E-state index in [0.29, 0.717) is 18.9 Å². The van der Waals surface area contributed by atoms with Crippen LogP contribution in [0.4, 0.5) is 14.5 Å². The number of benzene rings is 1. The number of rotatable bonds is 4. The second-order valence-electron chi connectivity index (χ2n) is 4.76. The van der Waals surface area contributed by atoms with Crippen LogP contribution in [-0.2, 0) is 4.79 Å². The highest BCUT2D eigenvalue weighted by molar-refractivity contribution is 5.94. The largest absolute Gasteiger partial charge is 0.356 e. The third kappa shape index (κ3) is 4.14. The molecule has 1 aliphatic rings. The predicted octanol–water partition coefficient (Wildman–Crippen LogP) is 1.54. The maximum Gasteiger partial charge on any atom is 0.255 e. The van der Waals surface area contributed by atoms with E-state index in [1.807, 2.05) is 24.3 Å². The van der Waals surface area contributed by atoms with Gasteiger partial charge in [0, 0.05) is 31.6 Å². The number of amides is 1. The Bertz CT molecular complexity index is 533. The van der Waals surface area contributed by atoms with Crippen LogP contribution in [-0.4, -0.2) is 38.4 Å². The van der Waals surface area contributed by atoms with Crippen molar-refractivity contribution in [2.75, 3.05) is 25.5 Å². The van der Waals surface area contributed by atoms with Gasteiger partial charge in [0.25, 0.3) is 6.43 Å². The maximum atomic E-state index is 12.2. The Balaban J connectivity index is 1.98. The van der Waals surface area contributed by atoms with E-state index >= 15 is 0 Å². The lowest BCUT2D eigenvalue weighted by Gasteiger charge is -2.26. The number of guanidine groups is 1. The number of carbonyl (C=O) groups is 1. The molecule has 114 valence electrons. The second kappa shape index (κ2) is 7.01. The minimum atomic E-state index is -2.44. The molecular formula is C14H18F2N4O. The van der Waals surface area contributed by atoms with Gasteiger partial charge in [0.1, 0.15) is 0 Å². The molecule has 0 bridgehead atoms. The van der Waals surface area contributed by atoms with Crippen LogP contribution in [0.15, 0.2) is 29.3 Å². The van der Waals surface area contributed by atoms with Crippen LogP contribution < -0.4 is 16.0 Å². The van der Waals surface area contributed by atoms with Gasteiger partial charge in [0.2, 0.25) is 5.91 Å². The summed E-state index contributed by atoms with van der Waals surface area (Å²) in [6.45, 7) is -0.00520. The van der Waals surface area contributed by atoms with E-state index in [1.54, 1.807) is 0 Å². The van der Waals surface area contributed by atoms with Gasteiger partial charge >= 0.3 is 0 Å². The molecule has 1 amide bonds. The van der Waals surface area contributed by atoms with Crippen LogP contribution in [0.25, 0.3) is 0 Å². The Morgan fingerprint density at radius 1 is 1.43 bits per heavy atom. The predicted molar refractivity (Wildman–Crippen MR) is 77.8 cm³/mol. The summed E-state index contributed by atoms with van der Waals surface area (Å²) in [5.74, 6) is 0.245. The van der Waals surface area contributed by atoms with Crippen molar-refractivity contribution in [1.82, 2.24) is 10.6 Å². The molecule has 1 heterocycles. The molecule has 3 N–H and O–H groups in total. The van der Waals surface area contributed by atoms with Gasteiger partial charge in [-0.25, -0.2) is 8.78 Å². The van der Waals surface area contributed by atoms with Crippen LogP contribution in [0.2, 0.25) is 0 Å². The van der Waals surface area contributed by atoms with Gasteiger partial charge in [-0.1, -0.05) is 18.2 Å². The minimum Gasteiger partial charge on any atom is -0.356 e. The summed E-state index contributed by atoms with van der Waals surface area (Å²) >= 11 is 0. The normalized spacial score (nSPS) is 18.2. The van der Waals surface area contributed by atoms with Gasteiger partial charge in [-0.15, -0.1) is 0 Å². The first-order chi connectivity index (χ1) is 10.1. The number of nitrogens with one attached hydrogen (secondary N) is 3. The van der Waals surface area contributed by atoms with Crippen molar-refractivity contribution in [3.8, 4) is 0 Å². The number of hydrogen-bond donors (Lipinski definition) is 3. The average molecular weight is 296 g/mol. The number of carbonyl (C=O) groups excluding carboxylic acids is 1. The topological polar surface area (TPSA) is 65.5 Å². The SMILES string of the molecule is CN=C(NCC(F)F)NCC1CC(=O)Nc2ccccc21. The van der Waals surface area contributed by atoms with Gasteiger partial charge in [0.15, 0.2) is 5.96 Å². The van der Waals surface area contributed by atoms with E-state index in [9.17, 15) is 13.6 Å². The highest BCUT2D eigenvalue weighted by Crippen LogP contribution is 2.31. The van der Waals surface area contributed by atoms with Gasteiger partial charge in [-0.3, -0.25) is 9.79 Å². The molecule has 1 aromatic carbocycles. The van der Waals surface area contributed by atoms with Crippen molar-refractivity contribution in [3.63, 3.8) is 0 Å². The number of aliphatic imine (C=N–C) groups is 1. The molecule has 5 nitrogen and oxygen atoms in total. The number of alkyl halides is 2. The second-order valence-corrected chi connectivity index (χ2v) is 4.76. The van der Waals surface area contributed by atoms with Crippen LogP contribution >= 0.6 is 0 Å². The lowest BCUT2D eigenvalue weighted by atomic mass is 9.90. The fourth-order valence-corrected chi connectivity index (χ4v) is 2.30. The number of nitrogens with zero attached hydrogens (tertiary/aromatic N) is 1. The summed E-state index contributed by atoms with van der Waals surface area (Å²) in [5, 5.41) is 8.33. The lowest BCUT2D eigenvalue weighted by Crippen LogP contribution is -2.42. The highest BCUT2D eigenvalue weighted by atomic mass is 19.3. The Morgan fingerprint density at radius 3 is 2.90 bits per heavy atom. The Labute approximate surface area is 121 Å². The van der Waals surface area contributed by atoms with Gasteiger partial charge in [0.05, 0.1) is 6.54 Å². The molecular weight excluding hydrogens is 278 g/mol. The van der Waals surface area contributed by atoms with Gasteiger partial charge in [-0.05, 0) is 11.6 Å². The third-order valence-corrected chi connectivity index (χ3v) is 3.27. The molecule has 1 atom stereocenters. The average Bonchev–Trinajstić information content (AvgIpc) is 2.46. The molecule has 0 spiro atoms. The van der Waals surface area contributed by atoms with E-state index in [1.165, 1.54) is 7.05 Å². The molecule has 0 radical (unpaired) electrons. The number of anilines is 1. The Kier molecular flexibility index (Phi) is 5.08. The van der Waals surface area contributed by atoms with Crippen molar-refractivity contribution in [2.45, 2.75) is 18.8 Å². The first kappa shape index (κ1) is 15.2. The molecule has 7 heteroatoms. The van der Waals surface area contributed by atoms with E-state index in [4.69, 9.17) is 0 Å². The number of fused-ring (bicyclic) bond motifs is 1. The smallest absolute Gasteiger partial charge is 0.255 e. The molecule has 1 aromatic rings. The van der Waals surface area contributed by atoms with Crippen LogP contribution in [0.5, 0.6) is 0 Å². The minimum absolute atomic E-state index is 0.0138. The zero-order valence-electron chi connectivity index (χ0n) is 11.7. The monoisotopic (exact) mass is 296 g/mol. The van der Waals surface area contributed by atoms with Gasteiger partial charge in [-0.2, -0.15) is 0 Å². The third-order valence-electron chi connectivity index (χ3n) is 3.27. The molecule has 21 heavy (non-hydrogen) atoms. The summed E-state index contributed by atoms with van der Waals surface area (Å²) in [4.78, 5) is 15.6. The number of halogens is 2. The van der Waals surface area contributed by atoms with Crippen LogP contribution in [0, 0.1) is 0 Å². The summed E-state index contributed by atoms with van der Waals surface area (Å²) in [6, 6.07) is 7.57. The zero-order valence-corrected chi connectivity index (χ0v) is 11.7. The Morgan fingerprint density at radius 2 is 2.19 bits per heavy atom. The van der Waals surface area contributed by atoms with E-state index in [-0.39, 0.29) is 11.8 Å².